The summed E-state index contributed by atoms with van der Waals surface area (Å²) in [6.07, 6.45) is 4.99. The topological polar surface area (TPSA) is 45.7 Å². The lowest BCUT2D eigenvalue weighted by Crippen LogP contribution is -2.55. The number of fused-ring (bicyclic) bond motifs is 2. The van der Waals surface area contributed by atoms with E-state index in [1.165, 1.54) is 12.8 Å². The minimum atomic E-state index is 0.124. The Kier molecular flexibility index (Phi) is 4.74. The Labute approximate surface area is 132 Å². The highest BCUT2D eigenvalue weighted by Gasteiger charge is 2.41. The number of amides is 1. The van der Waals surface area contributed by atoms with Crippen molar-refractivity contribution in [3.05, 3.63) is 29.6 Å². The summed E-state index contributed by atoms with van der Waals surface area (Å²) in [5.41, 5.74) is 1.74. The van der Waals surface area contributed by atoms with Gasteiger partial charge in [0, 0.05) is 50.7 Å². The first kappa shape index (κ1) is 15.4. The molecule has 2 fully saturated rings. The first-order valence-corrected chi connectivity index (χ1v) is 8.21. The van der Waals surface area contributed by atoms with Gasteiger partial charge in [0.15, 0.2) is 0 Å². The van der Waals surface area contributed by atoms with E-state index in [1.54, 1.807) is 13.3 Å². The van der Waals surface area contributed by atoms with Crippen molar-refractivity contribution in [3.63, 3.8) is 0 Å². The number of aryl methyl sites for hydroxylation is 1. The van der Waals surface area contributed by atoms with E-state index in [4.69, 9.17) is 4.74 Å². The Morgan fingerprint density at radius 3 is 2.59 bits per heavy atom. The summed E-state index contributed by atoms with van der Waals surface area (Å²) in [4.78, 5) is 21.6. The highest BCUT2D eigenvalue weighted by Crippen LogP contribution is 2.30. The molecule has 1 aromatic rings. The average Bonchev–Trinajstić information content (AvgIpc) is 2.80. The van der Waals surface area contributed by atoms with Crippen LogP contribution in [0.15, 0.2) is 18.3 Å². The zero-order valence-corrected chi connectivity index (χ0v) is 13.5. The number of hydrogen-bond acceptors (Lipinski definition) is 4. The van der Waals surface area contributed by atoms with E-state index >= 15 is 0 Å². The molecular formula is C17H25N3O2. The minimum absolute atomic E-state index is 0.124. The monoisotopic (exact) mass is 303 g/mol. The van der Waals surface area contributed by atoms with Crippen LogP contribution in [-0.4, -0.2) is 66.1 Å². The van der Waals surface area contributed by atoms with Gasteiger partial charge in [0.1, 0.15) is 0 Å². The number of carbonyl (C=O) groups excluding carboxylic acids is 1. The molecule has 2 unspecified atom stereocenters. The summed E-state index contributed by atoms with van der Waals surface area (Å²) in [6.45, 7) is 5.47. The van der Waals surface area contributed by atoms with E-state index in [-0.39, 0.29) is 5.91 Å². The van der Waals surface area contributed by atoms with Crippen LogP contribution < -0.4 is 0 Å². The number of methoxy groups -OCH3 is 1. The Balaban J connectivity index is 1.65. The molecular weight excluding hydrogens is 278 g/mol. The van der Waals surface area contributed by atoms with Gasteiger partial charge in [-0.05, 0) is 31.4 Å². The smallest absolute Gasteiger partial charge is 0.255 e. The van der Waals surface area contributed by atoms with Crippen LogP contribution in [-0.2, 0) is 11.2 Å². The van der Waals surface area contributed by atoms with Crippen molar-refractivity contribution in [2.45, 2.75) is 38.3 Å². The van der Waals surface area contributed by atoms with Crippen LogP contribution in [0.1, 0.15) is 35.8 Å². The summed E-state index contributed by atoms with van der Waals surface area (Å²) >= 11 is 0. The van der Waals surface area contributed by atoms with Crippen molar-refractivity contribution in [2.75, 3.05) is 33.4 Å². The molecule has 1 amide bonds. The largest absolute Gasteiger partial charge is 0.383 e. The maximum absolute atomic E-state index is 12.7. The molecule has 2 atom stereocenters. The quantitative estimate of drug-likeness (QED) is 0.828. The molecule has 0 N–H and O–H groups in total. The third kappa shape index (κ3) is 3.01. The van der Waals surface area contributed by atoms with Crippen LogP contribution in [0.4, 0.5) is 0 Å². The van der Waals surface area contributed by atoms with Crippen molar-refractivity contribution >= 4 is 5.91 Å². The van der Waals surface area contributed by atoms with E-state index in [9.17, 15) is 4.79 Å². The van der Waals surface area contributed by atoms with Gasteiger partial charge in [-0.2, -0.15) is 0 Å². The first-order valence-electron chi connectivity index (χ1n) is 8.21. The molecule has 5 heteroatoms. The zero-order valence-electron chi connectivity index (χ0n) is 13.5. The molecule has 1 aromatic heterocycles. The third-order valence-electron chi connectivity index (χ3n) is 4.91. The van der Waals surface area contributed by atoms with Gasteiger partial charge < -0.3 is 9.64 Å². The molecule has 0 spiro atoms. The fourth-order valence-corrected chi connectivity index (χ4v) is 3.66. The molecule has 3 heterocycles. The lowest BCUT2D eigenvalue weighted by Gasteiger charge is -2.41. The number of likely N-dealkylation sites (tertiary alicyclic amines) is 1. The van der Waals surface area contributed by atoms with E-state index in [0.717, 1.165) is 38.4 Å². The fourth-order valence-electron chi connectivity index (χ4n) is 3.66. The van der Waals surface area contributed by atoms with Gasteiger partial charge in [0.2, 0.25) is 0 Å². The van der Waals surface area contributed by atoms with Crippen LogP contribution in [0.25, 0.3) is 0 Å². The number of hydrogen-bond donors (Lipinski definition) is 0. The molecule has 0 saturated carbocycles. The summed E-state index contributed by atoms with van der Waals surface area (Å²) < 4.78 is 5.20. The second-order valence-corrected chi connectivity index (χ2v) is 6.22. The molecule has 3 rings (SSSR count). The third-order valence-corrected chi connectivity index (χ3v) is 4.91. The second-order valence-electron chi connectivity index (χ2n) is 6.22. The van der Waals surface area contributed by atoms with Gasteiger partial charge in [0.05, 0.1) is 12.2 Å². The van der Waals surface area contributed by atoms with Gasteiger partial charge in [-0.3, -0.25) is 14.7 Å². The van der Waals surface area contributed by atoms with Crippen LogP contribution >= 0.6 is 0 Å². The maximum Gasteiger partial charge on any atom is 0.255 e. The summed E-state index contributed by atoms with van der Waals surface area (Å²) in [5, 5.41) is 0. The minimum Gasteiger partial charge on any atom is -0.383 e. The van der Waals surface area contributed by atoms with Gasteiger partial charge in [0.25, 0.3) is 5.91 Å². The number of piperazine rings is 1. The molecule has 2 aliphatic rings. The normalized spacial score (nSPS) is 24.7. The van der Waals surface area contributed by atoms with Crippen LogP contribution in [0, 0.1) is 0 Å². The van der Waals surface area contributed by atoms with E-state index in [0.29, 0.717) is 17.6 Å². The number of ether oxygens (including phenoxy) is 1. The molecule has 2 bridgehead atoms. The van der Waals surface area contributed by atoms with Gasteiger partial charge in [-0.1, -0.05) is 6.92 Å². The van der Waals surface area contributed by atoms with Crippen molar-refractivity contribution < 1.29 is 9.53 Å². The van der Waals surface area contributed by atoms with Crippen LogP contribution in [0.5, 0.6) is 0 Å². The summed E-state index contributed by atoms with van der Waals surface area (Å²) in [6, 6.07) is 4.84. The Hall–Kier alpha value is -1.46. The molecule has 5 nitrogen and oxygen atoms in total. The second kappa shape index (κ2) is 6.75. The number of rotatable bonds is 5. The van der Waals surface area contributed by atoms with Crippen molar-refractivity contribution in [3.8, 4) is 0 Å². The number of nitrogens with zero attached hydrogens (tertiary/aromatic N) is 3. The Morgan fingerprint density at radius 2 is 2.05 bits per heavy atom. The van der Waals surface area contributed by atoms with E-state index in [1.807, 2.05) is 17.0 Å². The molecule has 2 saturated heterocycles. The number of aromatic nitrogens is 1. The van der Waals surface area contributed by atoms with Gasteiger partial charge >= 0.3 is 0 Å². The standard InChI is InChI=1S/C17H25N3O2/c1-3-14-5-4-13(10-18-14)17(21)19-11-15-6-7-16(12-19)20(15)8-9-22-2/h4-5,10,15-16H,3,6-9,11-12H2,1-2H3. The van der Waals surface area contributed by atoms with Crippen molar-refractivity contribution in [1.29, 1.82) is 0 Å². The predicted octanol–water partition coefficient (Wildman–Crippen LogP) is 1.58. The zero-order chi connectivity index (χ0) is 15.5. The Morgan fingerprint density at radius 1 is 1.32 bits per heavy atom. The van der Waals surface area contributed by atoms with E-state index in [2.05, 4.69) is 16.8 Å². The van der Waals surface area contributed by atoms with Gasteiger partial charge in [-0.15, -0.1) is 0 Å². The SMILES string of the molecule is CCc1ccc(C(=O)N2CC3CCC(C2)N3CCOC)cn1. The Bertz CT molecular complexity index is 503. The lowest BCUT2D eigenvalue weighted by molar-refractivity contribution is 0.0354. The highest BCUT2D eigenvalue weighted by molar-refractivity contribution is 5.94. The molecule has 0 aliphatic carbocycles. The van der Waals surface area contributed by atoms with Gasteiger partial charge in [-0.25, -0.2) is 0 Å². The maximum atomic E-state index is 12.7. The number of pyridine rings is 1. The summed E-state index contributed by atoms with van der Waals surface area (Å²) in [7, 11) is 1.74. The van der Waals surface area contributed by atoms with Crippen molar-refractivity contribution in [1.82, 2.24) is 14.8 Å². The van der Waals surface area contributed by atoms with Crippen molar-refractivity contribution in [2.24, 2.45) is 0 Å². The summed E-state index contributed by atoms with van der Waals surface area (Å²) in [5.74, 6) is 0.124. The van der Waals surface area contributed by atoms with Crippen LogP contribution in [0.3, 0.4) is 0 Å². The number of carbonyl (C=O) groups is 1. The molecule has 2 aliphatic heterocycles. The highest BCUT2D eigenvalue weighted by atomic mass is 16.5. The molecule has 0 radical (unpaired) electrons. The predicted molar refractivity (Wildman–Crippen MR) is 84.9 cm³/mol. The van der Waals surface area contributed by atoms with E-state index < -0.39 is 0 Å². The average molecular weight is 303 g/mol. The molecule has 120 valence electrons. The molecule has 0 aromatic carbocycles. The lowest BCUT2D eigenvalue weighted by atomic mass is 10.1. The van der Waals surface area contributed by atoms with Crippen LogP contribution in [0.2, 0.25) is 0 Å². The molecule has 22 heavy (non-hydrogen) atoms. The first-order chi connectivity index (χ1) is 10.7. The fraction of sp³-hybridized carbons (Fsp3) is 0.647.